The van der Waals surface area contributed by atoms with E-state index in [-0.39, 0.29) is 12.5 Å². The molecule has 2 aromatic heterocycles. The predicted molar refractivity (Wildman–Crippen MR) is 119 cm³/mol. The Balaban J connectivity index is 1.22. The fourth-order valence-electron chi connectivity index (χ4n) is 4.56. The lowest BCUT2D eigenvalue weighted by Crippen LogP contribution is -2.37. The Morgan fingerprint density at radius 2 is 2.16 bits per heavy atom. The van der Waals surface area contributed by atoms with Crippen LogP contribution in [0, 0.1) is 6.92 Å². The van der Waals surface area contributed by atoms with Gasteiger partial charge in [-0.3, -0.25) is 4.79 Å². The minimum absolute atomic E-state index is 0.0179. The van der Waals surface area contributed by atoms with Crippen molar-refractivity contribution in [2.24, 2.45) is 0 Å². The Labute approximate surface area is 184 Å². The number of morpholine rings is 1. The molecule has 2 N–H and O–H groups in total. The largest absolute Gasteiger partial charge is 0.480 e. The lowest BCUT2D eigenvalue weighted by Gasteiger charge is -2.30. The number of ether oxygens (including phenoxy) is 2. The fraction of sp³-hybridized carbons (Fsp3) is 0.304. The molecule has 0 aliphatic carbocycles. The monoisotopic (exact) mass is 430 g/mol. The van der Waals surface area contributed by atoms with Crippen LogP contribution in [-0.4, -0.2) is 52.8 Å². The van der Waals surface area contributed by atoms with Crippen LogP contribution < -0.4 is 20.3 Å². The summed E-state index contributed by atoms with van der Waals surface area (Å²) in [5, 5.41) is 5.99. The third-order valence-corrected chi connectivity index (χ3v) is 6.08. The van der Waals surface area contributed by atoms with E-state index in [0.717, 1.165) is 30.8 Å². The van der Waals surface area contributed by atoms with Gasteiger partial charge in [0.05, 0.1) is 24.4 Å². The Bertz CT molecular complexity index is 1220. The van der Waals surface area contributed by atoms with E-state index < -0.39 is 0 Å². The second-order valence-corrected chi connectivity index (χ2v) is 8.30. The summed E-state index contributed by atoms with van der Waals surface area (Å²) in [6.45, 7) is 3.89. The smallest absolute Gasteiger partial charge is 0.263 e. The molecule has 0 radical (unpaired) electrons. The maximum Gasteiger partial charge on any atom is 0.263 e. The summed E-state index contributed by atoms with van der Waals surface area (Å²) in [6.07, 6.45) is 4.85. The molecule has 3 aliphatic heterocycles. The van der Waals surface area contributed by atoms with Gasteiger partial charge in [-0.1, -0.05) is 0 Å². The van der Waals surface area contributed by atoms with Gasteiger partial charge in [0.2, 0.25) is 5.95 Å². The lowest BCUT2D eigenvalue weighted by molar-refractivity contribution is -0.118. The average molecular weight is 430 g/mol. The van der Waals surface area contributed by atoms with Gasteiger partial charge in [-0.05, 0) is 49.2 Å². The zero-order valence-electron chi connectivity index (χ0n) is 17.5. The number of fused-ring (bicyclic) bond motifs is 3. The van der Waals surface area contributed by atoms with E-state index in [1.807, 2.05) is 12.1 Å². The summed E-state index contributed by atoms with van der Waals surface area (Å²) in [4.78, 5) is 27.2. The van der Waals surface area contributed by atoms with Crippen molar-refractivity contribution in [1.29, 1.82) is 0 Å². The van der Waals surface area contributed by atoms with Gasteiger partial charge in [-0.2, -0.15) is 0 Å². The summed E-state index contributed by atoms with van der Waals surface area (Å²) in [5.74, 6) is 1.24. The lowest BCUT2D eigenvalue weighted by atomic mass is 10.1. The third-order valence-electron chi connectivity index (χ3n) is 6.08. The first kappa shape index (κ1) is 19.0. The van der Waals surface area contributed by atoms with E-state index in [1.54, 1.807) is 12.4 Å². The topological polar surface area (TPSA) is 102 Å². The first-order chi connectivity index (χ1) is 15.6. The highest BCUT2D eigenvalue weighted by molar-refractivity contribution is 5.94. The van der Waals surface area contributed by atoms with Gasteiger partial charge in [0, 0.05) is 35.9 Å². The number of nitrogens with one attached hydrogen (secondary N) is 2. The fourth-order valence-corrected chi connectivity index (χ4v) is 4.56. The molecule has 3 aliphatic rings. The van der Waals surface area contributed by atoms with E-state index in [4.69, 9.17) is 9.47 Å². The van der Waals surface area contributed by atoms with E-state index >= 15 is 0 Å². The number of carbonyl (C=O) groups is 1. The second-order valence-electron chi connectivity index (χ2n) is 8.30. The second kappa shape index (κ2) is 7.45. The first-order valence-electron chi connectivity index (χ1n) is 10.6. The molecule has 2 saturated heterocycles. The van der Waals surface area contributed by atoms with Crippen molar-refractivity contribution in [2.45, 2.75) is 25.5 Å². The summed E-state index contributed by atoms with van der Waals surface area (Å²) < 4.78 is 11.2. The van der Waals surface area contributed by atoms with Gasteiger partial charge in [0.1, 0.15) is 0 Å². The number of rotatable bonds is 4. The molecule has 0 unspecified atom stereocenters. The van der Waals surface area contributed by atoms with E-state index in [2.05, 4.69) is 55.6 Å². The minimum Gasteiger partial charge on any atom is -0.480 e. The van der Waals surface area contributed by atoms with Gasteiger partial charge in [-0.15, -0.1) is 0 Å². The molecule has 0 spiro atoms. The number of pyridine rings is 1. The molecule has 6 rings (SSSR count). The van der Waals surface area contributed by atoms with Crippen LogP contribution in [0.4, 0.5) is 23.1 Å². The Morgan fingerprint density at radius 3 is 2.97 bits per heavy atom. The highest BCUT2D eigenvalue weighted by Gasteiger charge is 2.39. The Morgan fingerprint density at radius 1 is 1.22 bits per heavy atom. The zero-order valence-corrected chi connectivity index (χ0v) is 17.5. The molecule has 0 saturated carbocycles. The number of carbonyl (C=O) groups excluding carboxylic acids is 1. The van der Waals surface area contributed by atoms with Crippen molar-refractivity contribution in [3.63, 3.8) is 0 Å². The molecule has 5 heterocycles. The molecule has 2 atom stereocenters. The van der Waals surface area contributed by atoms with E-state index in [1.165, 1.54) is 11.3 Å². The minimum atomic E-state index is -0.210. The maximum absolute atomic E-state index is 11.4. The van der Waals surface area contributed by atoms with Crippen LogP contribution in [0.25, 0.3) is 11.3 Å². The highest BCUT2D eigenvalue weighted by Crippen LogP contribution is 2.35. The van der Waals surface area contributed by atoms with Crippen molar-refractivity contribution in [3.05, 3.63) is 48.3 Å². The van der Waals surface area contributed by atoms with Gasteiger partial charge >= 0.3 is 0 Å². The number of anilines is 4. The van der Waals surface area contributed by atoms with Crippen molar-refractivity contribution in [1.82, 2.24) is 15.0 Å². The maximum atomic E-state index is 11.4. The number of hydrogen-bond donors (Lipinski definition) is 2. The number of amides is 1. The summed E-state index contributed by atoms with van der Waals surface area (Å²) in [5.41, 5.74) is 4.88. The summed E-state index contributed by atoms with van der Waals surface area (Å²) >= 11 is 0. The average Bonchev–Trinajstić information content (AvgIpc) is 3.43. The van der Waals surface area contributed by atoms with Crippen LogP contribution in [0.2, 0.25) is 0 Å². The van der Waals surface area contributed by atoms with Crippen LogP contribution >= 0.6 is 0 Å². The molecule has 9 nitrogen and oxygen atoms in total. The summed E-state index contributed by atoms with van der Waals surface area (Å²) in [7, 11) is 0. The number of aromatic nitrogens is 3. The molecule has 32 heavy (non-hydrogen) atoms. The molecule has 162 valence electrons. The normalized spacial score (nSPS) is 21.2. The van der Waals surface area contributed by atoms with Crippen LogP contribution in [0.5, 0.6) is 5.75 Å². The molecule has 3 aromatic rings. The Hall–Kier alpha value is -3.72. The van der Waals surface area contributed by atoms with Crippen molar-refractivity contribution >= 4 is 29.0 Å². The number of aryl methyl sites for hydroxylation is 1. The molecule has 2 fully saturated rings. The molecule has 1 amide bonds. The number of hydrogen-bond acceptors (Lipinski definition) is 8. The molecule has 2 bridgehead atoms. The van der Waals surface area contributed by atoms with Gasteiger partial charge in [-0.25, -0.2) is 15.0 Å². The standard InChI is InChI=1S/C23H22N6O3/c1-13-6-15(2-3-19(13)29-10-17-8-16(29)11-31-17)26-23-24-5-4-18(27-23)14-7-20-22(25-9-14)28-21(30)12-32-20/h2-7,9,16-17H,8,10-12H2,1H3,(H,24,26,27)(H,25,28,30)/t16-,17-/m0/s1. The van der Waals surface area contributed by atoms with Crippen LogP contribution in [-0.2, 0) is 9.53 Å². The van der Waals surface area contributed by atoms with E-state index in [9.17, 15) is 4.79 Å². The summed E-state index contributed by atoms with van der Waals surface area (Å²) in [6, 6.07) is 10.5. The van der Waals surface area contributed by atoms with Crippen molar-refractivity contribution in [2.75, 3.05) is 35.3 Å². The number of nitrogens with zero attached hydrogens (tertiary/aromatic N) is 4. The molecule has 9 heteroatoms. The highest BCUT2D eigenvalue weighted by atomic mass is 16.5. The van der Waals surface area contributed by atoms with Crippen LogP contribution in [0.15, 0.2) is 42.7 Å². The molecular formula is C23H22N6O3. The first-order valence-corrected chi connectivity index (χ1v) is 10.6. The predicted octanol–water partition coefficient (Wildman–Crippen LogP) is 2.90. The van der Waals surface area contributed by atoms with Crippen molar-refractivity contribution < 1.29 is 14.3 Å². The molecule has 1 aromatic carbocycles. The number of benzene rings is 1. The molecular weight excluding hydrogens is 408 g/mol. The van der Waals surface area contributed by atoms with E-state index in [0.29, 0.717) is 35.4 Å². The zero-order chi connectivity index (χ0) is 21.7. The van der Waals surface area contributed by atoms with Gasteiger partial charge in [0.15, 0.2) is 18.2 Å². The quantitative estimate of drug-likeness (QED) is 0.652. The van der Waals surface area contributed by atoms with Gasteiger partial charge < -0.3 is 25.0 Å². The third kappa shape index (κ3) is 3.40. The SMILES string of the molecule is Cc1cc(Nc2nccc(-c3cnc4c(c3)OCC(=O)N4)n2)ccc1N1C[C@@H]2C[C@H]1CO2. The van der Waals surface area contributed by atoms with Crippen molar-refractivity contribution in [3.8, 4) is 17.0 Å². The van der Waals surface area contributed by atoms with Crippen LogP contribution in [0.3, 0.4) is 0 Å². The van der Waals surface area contributed by atoms with Gasteiger partial charge in [0.25, 0.3) is 5.91 Å². The van der Waals surface area contributed by atoms with Crippen LogP contribution in [0.1, 0.15) is 12.0 Å². The Kier molecular flexibility index (Phi) is 4.43.